The van der Waals surface area contributed by atoms with E-state index in [2.05, 4.69) is 20.4 Å². The second-order valence-electron chi connectivity index (χ2n) is 8.48. The van der Waals surface area contributed by atoms with Crippen LogP contribution >= 0.6 is 0 Å². The number of ether oxygens (including phenoxy) is 4. The van der Waals surface area contributed by atoms with Gasteiger partial charge in [0, 0.05) is 23.2 Å². The number of carbonyl (C=O) groups is 1. The zero-order valence-corrected chi connectivity index (χ0v) is 19.8. The van der Waals surface area contributed by atoms with E-state index in [1.807, 2.05) is 36.4 Å². The molecule has 10 nitrogen and oxygen atoms in total. The van der Waals surface area contributed by atoms with Crippen molar-refractivity contribution in [3.63, 3.8) is 0 Å². The molecule has 3 heterocycles. The molecule has 1 fully saturated rings. The summed E-state index contributed by atoms with van der Waals surface area (Å²) < 4.78 is 27.2. The average Bonchev–Trinajstić information content (AvgIpc) is 3.37. The molecule has 10 heteroatoms. The Kier molecular flexibility index (Phi) is 6.71. The highest BCUT2D eigenvalue weighted by Gasteiger charge is 2.26. The summed E-state index contributed by atoms with van der Waals surface area (Å²) in [6, 6.07) is 11.0. The molecule has 35 heavy (non-hydrogen) atoms. The van der Waals surface area contributed by atoms with E-state index in [-0.39, 0.29) is 11.8 Å². The van der Waals surface area contributed by atoms with Crippen LogP contribution in [0.4, 0.5) is 5.69 Å². The van der Waals surface area contributed by atoms with Gasteiger partial charge in [0.15, 0.2) is 23.0 Å². The molecule has 0 radical (unpaired) electrons. The largest absolute Gasteiger partial charge is 0.493 e. The van der Waals surface area contributed by atoms with Crippen LogP contribution in [0.5, 0.6) is 23.0 Å². The molecule has 3 aromatic rings. The van der Waals surface area contributed by atoms with Crippen LogP contribution in [0.2, 0.25) is 0 Å². The molecule has 1 saturated heterocycles. The lowest BCUT2D eigenvalue weighted by Crippen LogP contribution is -2.37. The van der Waals surface area contributed by atoms with Crippen LogP contribution < -0.4 is 24.3 Å². The Morgan fingerprint density at radius 3 is 2.57 bits per heavy atom. The fourth-order valence-electron chi connectivity index (χ4n) is 4.32. The minimum Gasteiger partial charge on any atom is -0.493 e. The van der Waals surface area contributed by atoms with E-state index in [0.29, 0.717) is 54.5 Å². The summed E-state index contributed by atoms with van der Waals surface area (Å²) in [6.45, 7) is 3.13. The molecule has 0 saturated carbocycles. The zero-order valence-electron chi connectivity index (χ0n) is 19.8. The van der Waals surface area contributed by atoms with Crippen LogP contribution in [0.25, 0.3) is 11.4 Å². The van der Waals surface area contributed by atoms with Crippen LogP contribution in [0.1, 0.15) is 18.7 Å². The average molecular weight is 481 g/mol. The first-order valence-corrected chi connectivity index (χ1v) is 11.6. The number of benzene rings is 2. The number of fused-ring (bicyclic) bond motifs is 1. The maximum Gasteiger partial charge on any atom is 0.241 e. The van der Waals surface area contributed by atoms with Gasteiger partial charge in [-0.3, -0.25) is 9.69 Å². The number of hydrogen-bond donors (Lipinski definition) is 1. The number of hydrogen-bond acceptors (Lipinski definition) is 9. The molecule has 2 aliphatic rings. The molecule has 1 aromatic heterocycles. The number of anilines is 1. The lowest BCUT2D eigenvalue weighted by molar-refractivity contribution is -0.121. The van der Waals surface area contributed by atoms with Gasteiger partial charge in [-0.25, -0.2) is 0 Å². The van der Waals surface area contributed by atoms with E-state index in [1.54, 1.807) is 14.2 Å². The molecule has 0 unspecified atom stereocenters. The second kappa shape index (κ2) is 10.2. The van der Waals surface area contributed by atoms with Crippen molar-refractivity contribution in [3.8, 4) is 34.4 Å². The predicted octanol–water partition coefficient (Wildman–Crippen LogP) is 3.38. The first-order chi connectivity index (χ1) is 17.1. The quantitative estimate of drug-likeness (QED) is 0.544. The molecule has 0 bridgehead atoms. The summed E-state index contributed by atoms with van der Waals surface area (Å²) in [5.74, 6) is 3.62. The smallest absolute Gasteiger partial charge is 0.241 e. The summed E-state index contributed by atoms with van der Waals surface area (Å²) in [5.41, 5.74) is 1.50. The van der Waals surface area contributed by atoms with E-state index >= 15 is 0 Å². The normalized spacial score (nSPS) is 16.1. The predicted molar refractivity (Wildman–Crippen MR) is 127 cm³/mol. The zero-order chi connectivity index (χ0) is 24.2. The SMILES string of the molecule is COc1ccc(-c2noc(CN3CCC(C(=O)Nc4ccc5c(c4)OCCO5)CC3)n2)cc1OC. The van der Waals surface area contributed by atoms with Crippen molar-refractivity contribution in [3.05, 3.63) is 42.3 Å². The summed E-state index contributed by atoms with van der Waals surface area (Å²) in [6.07, 6.45) is 1.51. The fourth-order valence-corrected chi connectivity index (χ4v) is 4.32. The number of piperidine rings is 1. The number of rotatable bonds is 7. The highest BCUT2D eigenvalue weighted by atomic mass is 16.6. The van der Waals surface area contributed by atoms with Crippen LogP contribution in [-0.4, -0.2) is 61.5 Å². The molecule has 1 amide bonds. The van der Waals surface area contributed by atoms with Crippen LogP contribution in [0.3, 0.4) is 0 Å². The van der Waals surface area contributed by atoms with Gasteiger partial charge < -0.3 is 28.8 Å². The summed E-state index contributed by atoms with van der Waals surface area (Å²) >= 11 is 0. The Morgan fingerprint density at radius 2 is 1.80 bits per heavy atom. The van der Waals surface area contributed by atoms with Crippen molar-refractivity contribution in [1.82, 2.24) is 15.0 Å². The van der Waals surface area contributed by atoms with E-state index in [4.69, 9.17) is 23.5 Å². The van der Waals surface area contributed by atoms with Gasteiger partial charge in [-0.05, 0) is 56.3 Å². The molecule has 1 N–H and O–H groups in total. The summed E-state index contributed by atoms with van der Waals surface area (Å²) in [4.78, 5) is 19.6. The third-order valence-corrected chi connectivity index (χ3v) is 6.24. The molecule has 0 atom stereocenters. The maximum absolute atomic E-state index is 12.8. The van der Waals surface area contributed by atoms with Crippen molar-refractivity contribution in [1.29, 1.82) is 0 Å². The van der Waals surface area contributed by atoms with Crippen molar-refractivity contribution in [2.75, 3.05) is 45.8 Å². The molecule has 0 aliphatic carbocycles. The topological polar surface area (TPSA) is 108 Å². The van der Waals surface area contributed by atoms with E-state index in [0.717, 1.165) is 37.2 Å². The van der Waals surface area contributed by atoms with Crippen molar-refractivity contribution in [2.24, 2.45) is 5.92 Å². The van der Waals surface area contributed by atoms with Gasteiger partial charge in [0.05, 0.1) is 20.8 Å². The van der Waals surface area contributed by atoms with Gasteiger partial charge in [-0.15, -0.1) is 0 Å². The number of nitrogens with zero attached hydrogens (tertiary/aromatic N) is 3. The highest BCUT2D eigenvalue weighted by Crippen LogP contribution is 2.33. The number of methoxy groups -OCH3 is 2. The van der Waals surface area contributed by atoms with Crippen LogP contribution in [0.15, 0.2) is 40.9 Å². The van der Waals surface area contributed by atoms with E-state index < -0.39 is 0 Å². The molecular weight excluding hydrogens is 452 g/mol. The summed E-state index contributed by atoms with van der Waals surface area (Å²) in [7, 11) is 3.18. The van der Waals surface area contributed by atoms with Gasteiger partial charge in [-0.2, -0.15) is 4.98 Å². The fraction of sp³-hybridized carbons (Fsp3) is 0.400. The van der Waals surface area contributed by atoms with E-state index in [9.17, 15) is 4.79 Å². The van der Waals surface area contributed by atoms with Crippen molar-refractivity contribution >= 4 is 11.6 Å². The molecule has 5 rings (SSSR count). The lowest BCUT2D eigenvalue weighted by Gasteiger charge is -2.30. The molecule has 2 aromatic carbocycles. The van der Waals surface area contributed by atoms with Crippen molar-refractivity contribution < 1.29 is 28.3 Å². The number of nitrogens with one attached hydrogen (secondary N) is 1. The van der Waals surface area contributed by atoms with E-state index in [1.165, 1.54) is 0 Å². The molecule has 184 valence electrons. The number of carbonyl (C=O) groups excluding carboxylic acids is 1. The highest BCUT2D eigenvalue weighted by molar-refractivity contribution is 5.93. The molecule has 0 spiro atoms. The Morgan fingerprint density at radius 1 is 1.03 bits per heavy atom. The third kappa shape index (κ3) is 5.17. The standard InChI is InChI=1S/C25H28N4O6/c1-31-19-5-3-17(13-21(19)32-2)24-27-23(35-28-24)15-29-9-7-16(8-10-29)25(30)26-18-4-6-20-22(14-18)34-12-11-33-20/h3-6,13-14,16H,7-12,15H2,1-2H3,(H,26,30). The maximum atomic E-state index is 12.8. The summed E-state index contributed by atoms with van der Waals surface area (Å²) in [5, 5.41) is 7.12. The second-order valence-corrected chi connectivity index (χ2v) is 8.48. The monoisotopic (exact) mass is 480 g/mol. The number of aromatic nitrogens is 2. The van der Waals surface area contributed by atoms with Gasteiger partial charge >= 0.3 is 0 Å². The first kappa shape index (κ1) is 23.0. The number of amides is 1. The minimum absolute atomic E-state index is 0.0230. The van der Waals surface area contributed by atoms with Crippen LogP contribution in [0, 0.1) is 5.92 Å². The van der Waals surface area contributed by atoms with Gasteiger partial charge in [0.1, 0.15) is 13.2 Å². The Balaban J connectivity index is 1.14. The lowest BCUT2D eigenvalue weighted by atomic mass is 9.96. The molecular formula is C25H28N4O6. The first-order valence-electron chi connectivity index (χ1n) is 11.6. The van der Waals surface area contributed by atoms with Crippen LogP contribution in [-0.2, 0) is 11.3 Å². The molecule has 2 aliphatic heterocycles. The van der Waals surface area contributed by atoms with Crippen molar-refractivity contribution in [2.45, 2.75) is 19.4 Å². The van der Waals surface area contributed by atoms with Gasteiger partial charge in [-0.1, -0.05) is 5.16 Å². The Hall–Kier alpha value is -3.79. The minimum atomic E-state index is -0.0514. The third-order valence-electron chi connectivity index (χ3n) is 6.24. The Bertz CT molecular complexity index is 1190. The Labute approximate surface area is 203 Å². The van der Waals surface area contributed by atoms with Gasteiger partial charge in [0.2, 0.25) is 17.6 Å². The van der Waals surface area contributed by atoms with Gasteiger partial charge in [0.25, 0.3) is 0 Å². The number of likely N-dealkylation sites (tertiary alicyclic amines) is 1.